The van der Waals surface area contributed by atoms with E-state index in [-0.39, 0.29) is 0 Å². The number of ether oxygens (including phenoxy) is 1. The molecule has 1 heterocycles. The van der Waals surface area contributed by atoms with Crippen LogP contribution < -0.4 is 10.1 Å². The molecule has 18 heavy (non-hydrogen) atoms. The average molecular weight is 249 g/mol. The molecular weight excluding hydrogens is 234 g/mol. The highest BCUT2D eigenvalue weighted by Crippen LogP contribution is 2.28. The van der Waals surface area contributed by atoms with Crippen LogP contribution in [0.25, 0.3) is 0 Å². The second kappa shape index (κ2) is 4.33. The summed E-state index contributed by atoms with van der Waals surface area (Å²) in [6.45, 7) is 2.88. The minimum Gasteiger partial charge on any atom is -0.480 e. The largest absolute Gasteiger partial charge is 0.480 e. The Kier molecular flexibility index (Phi) is 2.98. The number of hydrogen-bond donors (Lipinski definition) is 2. The van der Waals surface area contributed by atoms with E-state index < -0.39 is 23.5 Å². The van der Waals surface area contributed by atoms with Crippen molar-refractivity contribution in [1.82, 2.24) is 5.32 Å². The molecule has 96 valence electrons. The number of nitrogens with one attached hydrogen (secondary N) is 1. The molecule has 1 aliphatic rings. The highest BCUT2D eigenvalue weighted by atomic mass is 16.5. The summed E-state index contributed by atoms with van der Waals surface area (Å²) >= 11 is 0. The molecule has 1 amide bonds. The zero-order chi connectivity index (χ0) is 13.3. The van der Waals surface area contributed by atoms with Crippen LogP contribution in [-0.4, -0.2) is 28.6 Å². The third-order valence-electron chi connectivity index (χ3n) is 2.91. The molecule has 1 aromatic rings. The number of fused-ring (bicyclic) bond motifs is 1. The van der Waals surface area contributed by atoms with Gasteiger partial charge in [0.25, 0.3) is 5.91 Å². The molecule has 0 bridgehead atoms. The number of carboxylic acid groups (broad SMARTS) is 1. The van der Waals surface area contributed by atoms with Crippen LogP contribution in [-0.2, 0) is 16.0 Å². The highest BCUT2D eigenvalue weighted by molar-refractivity contribution is 5.89. The number of amides is 1. The van der Waals surface area contributed by atoms with Crippen LogP contribution in [0.2, 0.25) is 0 Å². The zero-order valence-electron chi connectivity index (χ0n) is 10.3. The van der Waals surface area contributed by atoms with Gasteiger partial charge in [-0.15, -0.1) is 0 Å². The smallest absolute Gasteiger partial charge is 0.328 e. The first-order chi connectivity index (χ1) is 8.40. The number of carbonyl (C=O) groups excluding carboxylic acids is 1. The van der Waals surface area contributed by atoms with Gasteiger partial charge < -0.3 is 15.2 Å². The molecular formula is C13H15NO4. The fraction of sp³-hybridized carbons (Fsp3) is 0.385. The lowest BCUT2D eigenvalue weighted by atomic mass is 10.0. The van der Waals surface area contributed by atoms with Crippen LogP contribution in [0.5, 0.6) is 5.75 Å². The van der Waals surface area contributed by atoms with Gasteiger partial charge in [-0.3, -0.25) is 4.79 Å². The van der Waals surface area contributed by atoms with Gasteiger partial charge in [0.2, 0.25) is 0 Å². The molecule has 1 unspecified atom stereocenters. The van der Waals surface area contributed by atoms with Gasteiger partial charge in [0, 0.05) is 6.42 Å². The molecule has 2 rings (SSSR count). The molecule has 5 nitrogen and oxygen atoms in total. The van der Waals surface area contributed by atoms with Crippen LogP contribution >= 0.6 is 0 Å². The Morgan fingerprint density at radius 2 is 2.06 bits per heavy atom. The van der Waals surface area contributed by atoms with Crippen molar-refractivity contribution in [3.05, 3.63) is 29.8 Å². The summed E-state index contributed by atoms with van der Waals surface area (Å²) in [7, 11) is 0. The quantitative estimate of drug-likeness (QED) is 0.837. The van der Waals surface area contributed by atoms with E-state index in [9.17, 15) is 9.59 Å². The lowest BCUT2D eigenvalue weighted by molar-refractivity contribution is -0.147. The summed E-state index contributed by atoms with van der Waals surface area (Å²) in [6.07, 6.45) is -0.182. The molecule has 0 spiro atoms. The third kappa shape index (κ3) is 2.30. The second-order valence-corrected chi connectivity index (χ2v) is 4.84. The maximum Gasteiger partial charge on any atom is 0.328 e. The lowest BCUT2D eigenvalue weighted by Crippen LogP contribution is -2.53. The monoisotopic (exact) mass is 249 g/mol. The molecule has 0 saturated carbocycles. The molecule has 2 N–H and O–H groups in total. The summed E-state index contributed by atoms with van der Waals surface area (Å²) in [5.74, 6) is -0.796. The number of rotatable bonds is 3. The Labute approximate surface area is 105 Å². The van der Waals surface area contributed by atoms with Crippen molar-refractivity contribution in [2.75, 3.05) is 0 Å². The Bertz CT molecular complexity index is 471. The predicted molar refractivity (Wildman–Crippen MR) is 64.4 cm³/mol. The van der Waals surface area contributed by atoms with Gasteiger partial charge in [-0.2, -0.15) is 0 Å². The van der Waals surface area contributed by atoms with Crippen molar-refractivity contribution in [3.8, 4) is 5.75 Å². The molecule has 0 radical (unpaired) electrons. The van der Waals surface area contributed by atoms with Gasteiger partial charge in [-0.1, -0.05) is 18.2 Å². The SMILES string of the molecule is CC(C)(NC(=O)C1Cc2ccccc2O1)C(=O)O. The first kappa shape index (κ1) is 12.4. The van der Waals surface area contributed by atoms with Gasteiger partial charge in [-0.05, 0) is 25.5 Å². The molecule has 0 fully saturated rings. The number of para-hydroxylation sites is 1. The summed E-state index contributed by atoms with van der Waals surface area (Å²) in [6, 6.07) is 7.40. The van der Waals surface area contributed by atoms with E-state index in [0.29, 0.717) is 12.2 Å². The molecule has 0 aromatic heterocycles. The van der Waals surface area contributed by atoms with Crippen LogP contribution in [0, 0.1) is 0 Å². The molecule has 1 aromatic carbocycles. The van der Waals surface area contributed by atoms with Gasteiger partial charge in [-0.25, -0.2) is 4.79 Å². The summed E-state index contributed by atoms with van der Waals surface area (Å²) in [5.41, 5.74) is -0.333. The van der Waals surface area contributed by atoms with E-state index in [1.54, 1.807) is 6.07 Å². The number of carboxylic acids is 1. The molecule has 0 saturated heterocycles. The first-order valence-corrected chi connectivity index (χ1v) is 5.70. The number of carbonyl (C=O) groups is 2. The number of benzene rings is 1. The third-order valence-corrected chi connectivity index (χ3v) is 2.91. The predicted octanol–water partition coefficient (Wildman–Crippen LogP) is 0.969. The normalized spacial score (nSPS) is 17.8. The lowest BCUT2D eigenvalue weighted by Gasteiger charge is -2.22. The summed E-state index contributed by atoms with van der Waals surface area (Å²) in [4.78, 5) is 22.9. The first-order valence-electron chi connectivity index (χ1n) is 5.70. The van der Waals surface area contributed by atoms with Crippen molar-refractivity contribution in [2.45, 2.75) is 31.9 Å². The van der Waals surface area contributed by atoms with E-state index in [1.165, 1.54) is 13.8 Å². The highest BCUT2D eigenvalue weighted by Gasteiger charge is 2.35. The average Bonchev–Trinajstić information content (AvgIpc) is 2.71. The Morgan fingerprint density at radius 1 is 1.39 bits per heavy atom. The summed E-state index contributed by atoms with van der Waals surface area (Å²) < 4.78 is 5.49. The second-order valence-electron chi connectivity index (χ2n) is 4.84. The minimum absolute atomic E-state index is 0.404. The van der Waals surface area contributed by atoms with Crippen molar-refractivity contribution in [3.63, 3.8) is 0 Å². The van der Waals surface area contributed by atoms with Crippen molar-refractivity contribution < 1.29 is 19.4 Å². The van der Waals surface area contributed by atoms with Crippen LogP contribution in [0.15, 0.2) is 24.3 Å². The summed E-state index contributed by atoms with van der Waals surface area (Å²) in [5, 5.41) is 11.4. The minimum atomic E-state index is -1.30. The molecule has 1 atom stereocenters. The fourth-order valence-corrected chi connectivity index (χ4v) is 1.77. The number of aliphatic carboxylic acids is 1. The van der Waals surface area contributed by atoms with Crippen molar-refractivity contribution in [2.24, 2.45) is 0 Å². The topological polar surface area (TPSA) is 75.6 Å². The van der Waals surface area contributed by atoms with Gasteiger partial charge >= 0.3 is 5.97 Å². The van der Waals surface area contributed by atoms with Crippen molar-refractivity contribution in [1.29, 1.82) is 0 Å². The zero-order valence-corrected chi connectivity index (χ0v) is 10.3. The van der Waals surface area contributed by atoms with Gasteiger partial charge in [0.05, 0.1) is 0 Å². The Morgan fingerprint density at radius 3 is 2.67 bits per heavy atom. The van der Waals surface area contributed by atoms with Gasteiger partial charge in [0.15, 0.2) is 6.10 Å². The Balaban J connectivity index is 2.04. The molecule has 1 aliphatic heterocycles. The van der Waals surface area contributed by atoms with E-state index in [1.807, 2.05) is 18.2 Å². The van der Waals surface area contributed by atoms with E-state index in [2.05, 4.69) is 5.32 Å². The van der Waals surface area contributed by atoms with Crippen LogP contribution in [0.4, 0.5) is 0 Å². The van der Waals surface area contributed by atoms with E-state index in [0.717, 1.165) is 5.56 Å². The Hall–Kier alpha value is -2.04. The van der Waals surface area contributed by atoms with Gasteiger partial charge in [0.1, 0.15) is 11.3 Å². The van der Waals surface area contributed by atoms with Crippen LogP contribution in [0.1, 0.15) is 19.4 Å². The van der Waals surface area contributed by atoms with Crippen molar-refractivity contribution >= 4 is 11.9 Å². The molecule has 5 heteroatoms. The standard InChI is InChI=1S/C13H15NO4/c1-13(2,12(16)17)14-11(15)10-7-8-5-3-4-6-9(8)18-10/h3-6,10H,7H2,1-2H3,(H,14,15)(H,16,17). The van der Waals surface area contributed by atoms with E-state index in [4.69, 9.17) is 9.84 Å². The fourth-order valence-electron chi connectivity index (χ4n) is 1.77. The maximum absolute atomic E-state index is 11.9. The van der Waals surface area contributed by atoms with Crippen LogP contribution in [0.3, 0.4) is 0 Å². The maximum atomic E-state index is 11.9. The van der Waals surface area contributed by atoms with E-state index >= 15 is 0 Å². The molecule has 0 aliphatic carbocycles. The number of hydrogen-bond acceptors (Lipinski definition) is 3.